The lowest BCUT2D eigenvalue weighted by atomic mass is 10.0. The molecule has 0 saturated heterocycles. The van der Waals surface area contributed by atoms with Crippen LogP contribution in [0, 0.1) is 17.5 Å². The number of hydrogen-bond donors (Lipinski definition) is 4. The summed E-state index contributed by atoms with van der Waals surface area (Å²) in [6.45, 7) is 5.85. The summed E-state index contributed by atoms with van der Waals surface area (Å²) >= 11 is 22.6. The molecule has 8 heterocycles. The van der Waals surface area contributed by atoms with Crippen LogP contribution in [0.2, 0.25) is 20.6 Å². The predicted molar refractivity (Wildman–Crippen MR) is 366 cm³/mol. The minimum Gasteiger partial charge on any atom is -0.401 e. The first-order chi connectivity index (χ1) is 45.5. The highest BCUT2D eigenvalue weighted by molar-refractivity contribution is 6.32. The molecule has 14 rings (SSSR count). The summed E-state index contributed by atoms with van der Waals surface area (Å²) in [7, 11) is 6.08. The average Bonchev–Trinajstić information content (AvgIpc) is 1.62. The van der Waals surface area contributed by atoms with Gasteiger partial charge in [0.2, 0.25) is 0 Å². The summed E-state index contributed by atoms with van der Waals surface area (Å²) in [5.41, 5.74) is 27.4. The zero-order chi connectivity index (χ0) is 65.8. The van der Waals surface area contributed by atoms with Crippen LogP contribution in [0.1, 0.15) is 44.8 Å². The summed E-state index contributed by atoms with van der Waals surface area (Å²) in [6, 6.07) is 43.9. The van der Waals surface area contributed by atoms with Crippen LogP contribution in [0.25, 0.3) is 22.5 Å². The third kappa shape index (κ3) is 16.8. The SMILES string of the molecule is CN1CC(N)=C(C(=NCc2cccc(Nc3cncc(Cl)n3)c2)c2ccccc2F)C1.CN1Cc2nn(Cc3cccc(N)c3)c(-c3ccccc3F)c2C1.CN1Cc2nn(Cc3cccc(Nc4cncc(Cl)n4)c3)c(-c3ccccc3F)c2C1.Clc1cncc(Cl)n1. The molecule has 0 saturated carbocycles. The molecule has 5 aromatic heterocycles. The molecule has 0 aliphatic carbocycles. The Balaban J connectivity index is 0.000000136. The molecule has 478 valence electrons. The van der Waals surface area contributed by atoms with Crippen LogP contribution < -0.4 is 22.1 Å². The number of anilines is 5. The van der Waals surface area contributed by atoms with Crippen molar-refractivity contribution in [2.75, 3.05) is 50.6 Å². The number of rotatable bonds is 14. The van der Waals surface area contributed by atoms with Gasteiger partial charge in [-0.05, 0) is 111 Å². The number of nitrogen functional groups attached to an aromatic ring is 1. The van der Waals surface area contributed by atoms with Crippen molar-refractivity contribution < 1.29 is 13.2 Å². The maximum atomic E-state index is 14.7. The fraction of sp³-hybridized carbons (Fsp3) is 0.174. The third-order valence-electron chi connectivity index (χ3n) is 15.1. The molecule has 11 aromatic rings. The molecule has 0 amide bonds. The Morgan fingerprint density at radius 1 is 0.479 bits per heavy atom. The largest absolute Gasteiger partial charge is 0.401 e. The highest BCUT2D eigenvalue weighted by Crippen LogP contribution is 2.36. The van der Waals surface area contributed by atoms with E-state index in [-0.39, 0.29) is 17.5 Å². The van der Waals surface area contributed by atoms with Crippen molar-refractivity contribution in [1.29, 1.82) is 0 Å². The van der Waals surface area contributed by atoms with Gasteiger partial charge in [0.15, 0.2) is 11.6 Å². The molecule has 6 N–H and O–H groups in total. The molecule has 0 bridgehead atoms. The van der Waals surface area contributed by atoms with Gasteiger partial charge in [-0.15, -0.1) is 0 Å². The van der Waals surface area contributed by atoms with Gasteiger partial charge in [-0.1, -0.05) is 119 Å². The topological polar surface area (TPSA) is 211 Å². The molecular formula is C69H63Cl4F3N18. The Morgan fingerprint density at radius 3 is 1.39 bits per heavy atom. The van der Waals surface area contributed by atoms with Crippen LogP contribution in [0.15, 0.2) is 199 Å². The molecule has 25 heteroatoms. The minimum atomic E-state index is -0.314. The van der Waals surface area contributed by atoms with Gasteiger partial charge in [-0.3, -0.25) is 44.0 Å². The molecule has 0 atom stereocenters. The third-order valence-corrected chi connectivity index (χ3v) is 15.8. The smallest absolute Gasteiger partial charge is 0.150 e. The summed E-state index contributed by atoms with van der Waals surface area (Å²) < 4.78 is 47.5. The predicted octanol–water partition coefficient (Wildman–Crippen LogP) is 14.1. The number of aliphatic imine (C=N–C) groups is 1. The minimum absolute atomic E-state index is 0.219. The van der Waals surface area contributed by atoms with E-state index < -0.39 is 0 Å². The summed E-state index contributed by atoms with van der Waals surface area (Å²) in [6.07, 6.45) is 9.02. The zero-order valence-corrected chi connectivity index (χ0v) is 54.3. The molecule has 18 nitrogen and oxygen atoms in total. The number of benzene rings is 6. The van der Waals surface area contributed by atoms with E-state index in [1.165, 1.54) is 43.0 Å². The second kappa shape index (κ2) is 30.4. The molecule has 0 unspecified atom stereocenters. The molecule has 6 aromatic carbocycles. The van der Waals surface area contributed by atoms with Crippen molar-refractivity contribution in [2.24, 2.45) is 10.7 Å². The first-order valence-corrected chi connectivity index (χ1v) is 31.1. The first kappa shape index (κ1) is 65.9. The quantitative estimate of drug-likeness (QED) is 0.0589. The van der Waals surface area contributed by atoms with Gasteiger partial charge >= 0.3 is 0 Å². The van der Waals surface area contributed by atoms with Gasteiger partial charge in [0.05, 0.1) is 85.3 Å². The van der Waals surface area contributed by atoms with Crippen molar-refractivity contribution in [3.63, 3.8) is 0 Å². The van der Waals surface area contributed by atoms with Crippen molar-refractivity contribution in [2.45, 2.75) is 45.8 Å². The molecule has 3 aliphatic rings. The molecular weight excluding hydrogens is 1280 g/mol. The van der Waals surface area contributed by atoms with Crippen molar-refractivity contribution in [1.82, 2.24) is 64.2 Å². The van der Waals surface area contributed by atoms with Gasteiger partial charge in [-0.25, -0.2) is 28.1 Å². The maximum absolute atomic E-state index is 14.7. The number of aromatic nitrogens is 10. The van der Waals surface area contributed by atoms with Crippen molar-refractivity contribution in [3.8, 4) is 22.5 Å². The summed E-state index contributed by atoms with van der Waals surface area (Å²) in [5.74, 6) is 0.343. The summed E-state index contributed by atoms with van der Waals surface area (Å²) in [5, 5.41) is 17.2. The van der Waals surface area contributed by atoms with Crippen LogP contribution in [-0.2, 0) is 45.8 Å². The highest BCUT2D eigenvalue weighted by atomic mass is 35.5. The molecule has 0 fully saturated rings. The number of nitrogens with one attached hydrogen (secondary N) is 2. The van der Waals surface area contributed by atoms with Crippen LogP contribution in [-0.4, -0.2) is 104 Å². The van der Waals surface area contributed by atoms with E-state index in [1.807, 2.05) is 121 Å². The summed E-state index contributed by atoms with van der Waals surface area (Å²) in [4.78, 5) is 35.0. The van der Waals surface area contributed by atoms with Crippen LogP contribution in [0.5, 0.6) is 0 Å². The second-order valence-corrected chi connectivity index (χ2v) is 24.1. The van der Waals surface area contributed by atoms with Crippen LogP contribution in [0.3, 0.4) is 0 Å². The Hall–Kier alpha value is -9.58. The lowest BCUT2D eigenvalue weighted by Gasteiger charge is -2.14. The van der Waals surface area contributed by atoms with Crippen molar-refractivity contribution in [3.05, 3.63) is 277 Å². The Kier molecular flexibility index (Phi) is 21.3. The number of hydrogen-bond acceptors (Lipinski definition) is 16. The van der Waals surface area contributed by atoms with E-state index >= 15 is 0 Å². The van der Waals surface area contributed by atoms with E-state index in [0.29, 0.717) is 87.4 Å². The molecule has 94 heavy (non-hydrogen) atoms. The fourth-order valence-corrected chi connectivity index (χ4v) is 11.8. The molecule has 3 aliphatic heterocycles. The molecule has 0 spiro atoms. The second-order valence-electron chi connectivity index (χ2n) is 22.5. The lowest BCUT2D eigenvalue weighted by molar-refractivity contribution is 0.346. The van der Waals surface area contributed by atoms with E-state index in [9.17, 15) is 13.2 Å². The standard InChI is InChI=1S/C23H20ClFN6.C23H22ClFN6.C19H19FN4.C4H2Cl2N2/c1-30-13-18-20(14-30)29-31(23(18)17-7-2-3-8-19(17)25)12-15-5-4-6-16(9-15)27-22-11-26-10-21(24)28-22;1-31-13-18(20(26)14-31)23(17-7-2-3-8-19(17)25)28-10-15-5-4-6-16(9-15)29-22-12-27-11-21(24)30-22;1-23-11-16-18(12-23)22-24(10-13-5-4-6-14(21)9-13)19(16)15-7-2-3-8-17(15)20;5-3-1-7-2-4(6)8-3/h2-11H,12-14H2,1H3,(H,27,28);2-9,11-12H,10,13-14,26H2,1H3,(H,29,30);2-9H,10-12,21H2,1H3;1-2H. The number of nitrogens with zero attached hydrogens (tertiary/aromatic N) is 14. The number of fused-ring (bicyclic) bond motifs is 2. The Morgan fingerprint density at radius 2 is 0.926 bits per heavy atom. The van der Waals surface area contributed by atoms with E-state index in [0.717, 1.165) is 105 Å². The zero-order valence-electron chi connectivity index (χ0n) is 51.2. The average molecular weight is 1340 g/mol. The fourth-order valence-electron chi connectivity index (χ4n) is 11.1. The number of halogens is 7. The Bertz CT molecular complexity index is 4540. The van der Waals surface area contributed by atoms with E-state index in [1.54, 1.807) is 42.7 Å². The van der Waals surface area contributed by atoms with Gasteiger partial charge in [0, 0.05) is 95.4 Å². The number of likely N-dealkylation sites (N-methyl/N-ethyl adjacent to an activating group) is 1. The molecule has 0 radical (unpaired) electrons. The van der Waals surface area contributed by atoms with Crippen LogP contribution >= 0.6 is 46.4 Å². The van der Waals surface area contributed by atoms with E-state index in [4.69, 9.17) is 73.1 Å². The number of nitrogens with two attached hydrogens (primary N) is 2. The van der Waals surface area contributed by atoms with Gasteiger partial charge in [0.1, 0.15) is 38.1 Å². The first-order valence-electron chi connectivity index (χ1n) is 29.6. The monoisotopic (exact) mass is 1340 g/mol. The highest BCUT2D eigenvalue weighted by Gasteiger charge is 2.30. The van der Waals surface area contributed by atoms with E-state index in [2.05, 4.69) is 62.3 Å². The maximum Gasteiger partial charge on any atom is 0.150 e. The van der Waals surface area contributed by atoms with Gasteiger partial charge in [0.25, 0.3) is 0 Å². The lowest BCUT2D eigenvalue weighted by Crippen LogP contribution is -2.18. The van der Waals surface area contributed by atoms with Gasteiger partial charge in [-0.2, -0.15) is 10.2 Å². The van der Waals surface area contributed by atoms with Crippen molar-refractivity contribution >= 4 is 80.8 Å². The normalized spacial score (nSPS) is 13.7. The van der Waals surface area contributed by atoms with Gasteiger partial charge < -0.3 is 22.1 Å². The van der Waals surface area contributed by atoms with Crippen LogP contribution in [0.4, 0.5) is 41.9 Å². The Labute approximate surface area is 561 Å².